The summed E-state index contributed by atoms with van der Waals surface area (Å²) in [4.78, 5) is 13.6. The van der Waals surface area contributed by atoms with Crippen molar-refractivity contribution in [2.24, 2.45) is 11.8 Å². The Bertz CT molecular complexity index is 664. The summed E-state index contributed by atoms with van der Waals surface area (Å²) in [6, 6.07) is 7.68. The minimum absolute atomic E-state index is 0.347. The number of carbonyl (C=O) groups is 1. The minimum atomic E-state index is -0.399. The molecule has 132 valence electrons. The van der Waals surface area contributed by atoms with Crippen LogP contribution < -0.4 is 4.90 Å². The minimum Gasteiger partial charge on any atom is -0.449 e. The van der Waals surface area contributed by atoms with E-state index in [0.29, 0.717) is 13.2 Å². The van der Waals surface area contributed by atoms with Gasteiger partial charge in [-0.3, -0.25) is 0 Å². The number of allylic oxidation sites excluding steroid dienone is 4. The van der Waals surface area contributed by atoms with E-state index in [9.17, 15) is 4.79 Å². The number of carbonyl (C=O) groups excluding carboxylic acids is 1. The molecule has 0 aromatic heterocycles. The van der Waals surface area contributed by atoms with Crippen molar-refractivity contribution >= 4 is 17.9 Å². The Balaban J connectivity index is 0.000000213. The average molecular weight is 339 g/mol. The van der Waals surface area contributed by atoms with Gasteiger partial charge in [-0.15, -0.1) is 0 Å². The van der Waals surface area contributed by atoms with Crippen molar-refractivity contribution in [2.45, 2.75) is 26.5 Å². The van der Waals surface area contributed by atoms with Crippen LogP contribution in [0.25, 0.3) is 6.08 Å². The maximum Gasteiger partial charge on any atom is 0.416 e. The van der Waals surface area contributed by atoms with Crippen LogP contribution in [0.3, 0.4) is 0 Å². The number of fused-ring (bicyclic) bond motifs is 3. The summed E-state index contributed by atoms with van der Waals surface area (Å²) in [5, 5.41) is 0. The molecule has 0 saturated heterocycles. The van der Waals surface area contributed by atoms with Crippen LogP contribution in [0.2, 0.25) is 0 Å². The molecule has 1 aliphatic heterocycles. The van der Waals surface area contributed by atoms with Crippen molar-refractivity contribution in [3.63, 3.8) is 0 Å². The highest BCUT2D eigenvalue weighted by Crippen LogP contribution is 2.32. The van der Waals surface area contributed by atoms with Crippen LogP contribution in [0.4, 0.5) is 10.5 Å². The largest absolute Gasteiger partial charge is 0.449 e. The van der Waals surface area contributed by atoms with E-state index < -0.39 is 6.23 Å². The lowest BCUT2D eigenvalue weighted by molar-refractivity contribution is 0.0830. The van der Waals surface area contributed by atoms with Gasteiger partial charge < -0.3 is 9.47 Å². The van der Waals surface area contributed by atoms with Gasteiger partial charge in [0, 0.05) is 6.61 Å². The van der Waals surface area contributed by atoms with E-state index in [0.717, 1.165) is 23.1 Å². The van der Waals surface area contributed by atoms with Crippen LogP contribution in [-0.2, 0) is 9.47 Å². The number of amides is 1. The number of nitrogens with zero attached hydrogens (tertiary/aromatic N) is 1. The summed E-state index contributed by atoms with van der Waals surface area (Å²) in [7, 11) is 0. The molecule has 1 aromatic carbocycles. The lowest BCUT2D eigenvalue weighted by Crippen LogP contribution is -2.43. The Morgan fingerprint density at radius 1 is 1.04 bits per heavy atom. The van der Waals surface area contributed by atoms with E-state index in [1.165, 1.54) is 6.42 Å². The highest BCUT2D eigenvalue weighted by atomic mass is 16.6. The molecule has 25 heavy (non-hydrogen) atoms. The molecule has 1 unspecified atom stereocenters. The molecule has 0 spiro atoms. The van der Waals surface area contributed by atoms with Gasteiger partial charge in [-0.25, -0.2) is 9.69 Å². The number of anilines is 1. The molecule has 0 saturated carbocycles. The van der Waals surface area contributed by atoms with Crippen molar-refractivity contribution in [3.05, 3.63) is 60.2 Å². The summed E-state index contributed by atoms with van der Waals surface area (Å²) >= 11 is 0. The zero-order chi connectivity index (χ0) is 17.6. The molecule has 1 aromatic rings. The highest BCUT2D eigenvalue weighted by Gasteiger charge is 2.29. The van der Waals surface area contributed by atoms with E-state index in [1.807, 2.05) is 43.3 Å². The molecule has 0 fully saturated rings. The topological polar surface area (TPSA) is 38.8 Å². The molecule has 4 rings (SSSR count). The third-order valence-electron chi connectivity index (χ3n) is 4.45. The second-order valence-corrected chi connectivity index (χ2v) is 6.17. The molecule has 4 heteroatoms. The Morgan fingerprint density at radius 3 is 2.28 bits per heavy atom. The van der Waals surface area contributed by atoms with Crippen molar-refractivity contribution in [1.82, 2.24) is 0 Å². The van der Waals surface area contributed by atoms with Gasteiger partial charge in [0.1, 0.15) is 0 Å². The summed E-state index contributed by atoms with van der Waals surface area (Å²) in [6.45, 7) is 4.57. The molecule has 2 bridgehead atoms. The Morgan fingerprint density at radius 2 is 1.72 bits per heavy atom. The number of hydrogen-bond donors (Lipinski definition) is 0. The second-order valence-electron chi connectivity index (χ2n) is 6.17. The standard InChI is InChI=1S/C14H17NO3.C7H8/c1-3-17-13-10-9-11-7-5-6-8-12(11)15(13)14(16)18-4-2;1-2-7-4-3-6(1)5-7/h5-10,13H,3-4H2,1-2H3;1-4,6-7H,5H2. The number of rotatable bonds is 3. The van der Waals surface area contributed by atoms with Gasteiger partial charge in [-0.2, -0.15) is 0 Å². The number of benzene rings is 1. The van der Waals surface area contributed by atoms with E-state index in [-0.39, 0.29) is 6.09 Å². The van der Waals surface area contributed by atoms with Gasteiger partial charge in [0.05, 0.1) is 12.3 Å². The molecule has 1 amide bonds. The second kappa shape index (κ2) is 8.17. The molecular formula is C21H25NO3. The summed E-state index contributed by atoms with van der Waals surface area (Å²) in [5.74, 6) is 1.62. The Kier molecular flexibility index (Phi) is 5.71. The van der Waals surface area contributed by atoms with Gasteiger partial charge in [0.15, 0.2) is 6.23 Å². The lowest BCUT2D eigenvalue weighted by Gasteiger charge is -2.32. The van der Waals surface area contributed by atoms with E-state index in [1.54, 1.807) is 11.8 Å². The van der Waals surface area contributed by atoms with Crippen LogP contribution in [0.1, 0.15) is 25.8 Å². The van der Waals surface area contributed by atoms with Gasteiger partial charge in [-0.1, -0.05) is 48.6 Å². The van der Waals surface area contributed by atoms with Gasteiger partial charge in [0.25, 0.3) is 0 Å². The van der Waals surface area contributed by atoms with E-state index >= 15 is 0 Å². The lowest BCUT2D eigenvalue weighted by atomic mass is 10.1. The van der Waals surface area contributed by atoms with Crippen molar-refractivity contribution in [2.75, 3.05) is 18.1 Å². The molecule has 0 radical (unpaired) electrons. The summed E-state index contributed by atoms with van der Waals surface area (Å²) in [5.41, 5.74) is 1.80. The van der Waals surface area contributed by atoms with Gasteiger partial charge in [0.2, 0.25) is 0 Å². The average Bonchev–Trinajstić information content (AvgIpc) is 3.28. The molecule has 3 aliphatic rings. The highest BCUT2D eigenvalue weighted by molar-refractivity contribution is 5.93. The fraction of sp³-hybridized carbons (Fsp3) is 0.381. The van der Waals surface area contributed by atoms with Crippen LogP contribution in [-0.4, -0.2) is 25.5 Å². The maximum absolute atomic E-state index is 12.0. The van der Waals surface area contributed by atoms with Crippen LogP contribution in [0.5, 0.6) is 0 Å². The Hall–Kier alpha value is -2.33. The van der Waals surface area contributed by atoms with Crippen molar-refractivity contribution in [3.8, 4) is 0 Å². The molecule has 4 nitrogen and oxygen atoms in total. The molecule has 2 aliphatic carbocycles. The first-order chi connectivity index (χ1) is 12.2. The normalized spacial score (nSPS) is 24.7. The summed E-state index contributed by atoms with van der Waals surface area (Å²) in [6.07, 6.45) is 13.6. The predicted molar refractivity (Wildman–Crippen MR) is 100 cm³/mol. The van der Waals surface area contributed by atoms with Gasteiger partial charge >= 0.3 is 6.09 Å². The first-order valence-corrected chi connectivity index (χ1v) is 8.94. The zero-order valence-corrected chi connectivity index (χ0v) is 14.8. The first kappa shape index (κ1) is 17.5. The zero-order valence-electron chi connectivity index (χ0n) is 14.8. The predicted octanol–water partition coefficient (Wildman–Crippen LogP) is 4.79. The fourth-order valence-electron chi connectivity index (χ4n) is 3.28. The van der Waals surface area contributed by atoms with Crippen LogP contribution >= 0.6 is 0 Å². The maximum atomic E-state index is 12.0. The molecule has 1 atom stereocenters. The van der Waals surface area contributed by atoms with Crippen LogP contribution in [0, 0.1) is 11.8 Å². The number of para-hydroxylation sites is 1. The smallest absolute Gasteiger partial charge is 0.416 e. The monoisotopic (exact) mass is 339 g/mol. The summed E-state index contributed by atoms with van der Waals surface area (Å²) < 4.78 is 10.6. The van der Waals surface area contributed by atoms with Crippen molar-refractivity contribution in [1.29, 1.82) is 0 Å². The SMILES string of the molecule is C1=CC2C=CC1C2.CCOC(=O)N1c2ccccc2C=CC1OCC. The Labute approximate surface area is 149 Å². The fourth-order valence-corrected chi connectivity index (χ4v) is 3.28. The van der Waals surface area contributed by atoms with E-state index in [4.69, 9.17) is 9.47 Å². The number of hydrogen-bond acceptors (Lipinski definition) is 3. The molecular weight excluding hydrogens is 314 g/mol. The molecule has 0 N–H and O–H groups in total. The van der Waals surface area contributed by atoms with Crippen LogP contribution in [0.15, 0.2) is 54.6 Å². The quantitative estimate of drug-likeness (QED) is 0.743. The van der Waals surface area contributed by atoms with E-state index in [2.05, 4.69) is 24.3 Å². The third kappa shape index (κ3) is 4.02. The third-order valence-corrected chi connectivity index (χ3v) is 4.45. The van der Waals surface area contributed by atoms with Gasteiger partial charge in [-0.05, 0) is 49.8 Å². The van der Waals surface area contributed by atoms with Crippen molar-refractivity contribution < 1.29 is 14.3 Å². The first-order valence-electron chi connectivity index (χ1n) is 8.94. The number of ether oxygens (including phenoxy) is 2. The molecule has 1 heterocycles.